The summed E-state index contributed by atoms with van der Waals surface area (Å²) in [6.45, 7) is 8.82. The Hall–Kier alpha value is -1.30. The molecule has 1 aliphatic rings. The van der Waals surface area contributed by atoms with Crippen molar-refractivity contribution in [2.24, 2.45) is 11.3 Å². The fourth-order valence-electron chi connectivity index (χ4n) is 2.39. The van der Waals surface area contributed by atoms with Gasteiger partial charge in [-0.2, -0.15) is 0 Å². The van der Waals surface area contributed by atoms with Gasteiger partial charge in [0.15, 0.2) is 0 Å². The molecular formula is C15H28N2O4. The third-order valence-corrected chi connectivity index (χ3v) is 3.89. The molecule has 0 aliphatic carbocycles. The van der Waals surface area contributed by atoms with Crippen LogP contribution < -0.4 is 5.32 Å². The monoisotopic (exact) mass is 300 g/mol. The number of amides is 2. The molecule has 3 atom stereocenters. The van der Waals surface area contributed by atoms with Gasteiger partial charge in [0.1, 0.15) is 0 Å². The van der Waals surface area contributed by atoms with Crippen LogP contribution in [0.5, 0.6) is 0 Å². The van der Waals surface area contributed by atoms with Crippen LogP contribution in [0.4, 0.5) is 4.79 Å². The predicted octanol–water partition coefficient (Wildman–Crippen LogP) is 1.94. The van der Waals surface area contributed by atoms with Crippen molar-refractivity contribution in [1.29, 1.82) is 0 Å². The third-order valence-electron chi connectivity index (χ3n) is 3.89. The van der Waals surface area contributed by atoms with E-state index in [0.717, 1.165) is 12.8 Å². The Balaban J connectivity index is 2.48. The minimum atomic E-state index is -0.895. The minimum absolute atomic E-state index is 0.0487. The van der Waals surface area contributed by atoms with E-state index in [2.05, 4.69) is 26.1 Å². The number of hydrogen-bond acceptors (Lipinski definition) is 3. The van der Waals surface area contributed by atoms with Gasteiger partial charge in [-0.05, 0) is 18.3 Å². The van der Waals surface area contributed by atoms with E-state index < -0.39 is 11.9 Å². The lowest BCUT2D eigenvalue weighted by Crippen LogP contribution is -2.50. The number of rotatable bonds is 4. The fourth-order valence-corrected chi connectivity index (χ4v) is 2.39. The van der Waals surface area contributed by atoms with Crippen molar-refractivity contribution in [2.45, 2.75) is 52.7 Å². The molecule has 1 aliphatic heterocycles. The maximum absolute atomic E-state index is 12.1. The van der Waals surface area contributed by atoms with E-state index >= 15 is 0 Å². The molecule has 3 unspecified atom stereocenters. The standard InChI is InChI=1S/C15H28N2O4/c1-10(13(18)19)9-17(5)14(20)16-11-6-7-21-12(8-11)15(2,3)4/h10-12H,6-9H2,1-5H3,(H,16,20)(H,18,19). The van der Waals surface area contributed by atoms with Crippen LogP contribution >= 0.6 is 0 Å². The molecule has 0 bridgehead atoms. The Kier molecular flexibility index (Phi) is 6.01. The lowest BCUT2D eigenvalue weighted by molar-refractivity contribution is -0.141. The highest BCUT2D eigenvalue weighted by Gasteiger charge is 2.32. The molecule has 2 N–H and O–H groups in total. The molecule has 0 aromatic heterocycles. The number of carboxylic acid groups (broad SMARTS) is 1. The number of nitrogens with one attached hydrogen (secondary N) is 1. The lowest BCUT2D eigenvalue weighted by atomic mass is 9.83. The van der Waals surface area contributed by atoms with Crippen molar-refractivity contribution in [3.05, 3.63) is 0 Å². The van der Waals surface area contributed by atoms with E-state index in [9.17, 15) is 9.59 Å². The highest BCUT2D eigenvalue weighted by atomic mass is 16.5. The summed E-state index contributed by atoms with van der Waals surface area (Å²) >= 11 is 0. The van der Waals surface area contributed by atoms with Crippen LogP contribution in [-0.4, -0.2) is 54.4 Å². The first-order valence-electron chi connectivity index (χ1n) is 7.47. The van der Waals surface area contributed by atoms with Gasteiger partial charge >= 0.3 is 12.0 Å². The normalized spacial score (nSPS) is 24.2. The molecule has 6 heteroatoms. The second-order valence-corrected chi connectivity index (χ2v) is 7.02. The molecule has 6 nitrogen and oxygen atoms in total. The Morgan fingerprint density at radius 2 is 2.05 bits per heavy atom. The van der Waals surface area contributed by atoms with Crippen molar-refractivity contribution in [3.8, 4) is 0 Å². The number of carboxylic acids is 1. The van der Waals surface area contributed by atoms with Crippen LogP contribution in [-0.2, 0) is 9.53 Å². The molecule has 0 aromatic carbocycles. The summed E-state index contributed by atoms with van der Waals surface area (Å²) in [5, 5.41) is 11.9. The molecule has 1 rings (SSSR count). The maximum Gasteiger partial charge on any atom is 0.317 e. The van der Waals surface area contributed by atoms with Gasteiger partial charge in [0, 0.05) is 26.2 Å². The fraction of sp³-hybridized carbons (Fsp3) is 0.867. The van der Waals surface area contributed by atoms with Gasteiger partial charge in [0.05, 0.1) is 12.0 Å². The third kappa shape index (κ3) is 5.53. The van der Waals surface area contributed by atoms with Gasteiger partial charge in [-0.1, -0.05) is 27.7 Å². The van der Waals surface area contributed by atoms with E-state index in [-0.39, 0.29) is 30.1 Å². The first-order valence-corrected chi connectivity index (χ1v) is 7.47. The first-order chi connectivity index (χ1) is 9.61. The number of nitrogens with zero attached hydrogens (tertiary/aromatic N) is 1. The van der Waals surface area contributed by atoms with Gasteiger partial charge in [-0.25, -0.2) is 4.79 Å². The zero-order valence-corrected chi connectivity index (χ0v) is 13.7. The summed E-state index contributed by atoms with van der Waals surface area (Å²) in [6.07, 6.45) is 1.71. The van der Waals surface area contributed by atoms with Crippen LogP contribution in [0, 0.1) is 11.3 Å². The Morgan fingerprint density at radius 1 is 1.43 bits per heavy atom. The molecule has 0 radical (unpaired) electrons. The molecule has 2 amide bonds. The zero-order chi connectivity index (χ0) is 16.2. The van der Waals surface area contributed by atoms with E-state index in [1.807, 2.05) is 0 Å². The van der Waals surface area contributed by atoms with Crippen molar-refractivity contribution < 1.29 is 19.4 Å². The van der Waals surface area contributed by atoms with Gasteiger partial charge in [0.25, 0.3) is 0 Å². The molecule has 0 saturated carbocycles. The van der Waals surface area contributed by atoms with Crippen LogP contribution in [0.3, 0.4) is 0 Å². The highest BCUT2D eigenvalue weighted by Crippen LogP contribution is 2.29. The second-order valence-electron chi connectivity index (χ2n) is 7.02. The number of hydrogen-bond donors (Lipinski definition) is 2. The lowest BCUT2D eigenvalue weighted by Gasteiger charge is -2.38. The highest BCUT2D eigenvalue weighted by molar-refractivity contribution is 5.76. The molecule has 0 aromatic rings. The Labute approximate surface area is 126 Å². The summed E-state index contributed by atoms with van der Waals surface area (Å²) in [6, 6.07) is -0.138. The number of carbonyl (C=O) groups excluding carboxylic acids is 1. The summed E-state index contributed by atoms with van der Waals surface area (Å²) in [5.41, 5.74) is 0.0487. The van der Waals surface area contributed by atoms with E-state index in [0.29, 0.717) is 6.61 Å². The maximum atomic E-state index is 12.1. The molecular weight excluding hydrogens is 272 g/mol. The number of aliphatic carboxylic acids is 1. The first kappa shape index (κ1) is 17.8. The Bertz CT molecular complexity index is 378. The van der Waals surface area contributed by atoms with Crippen molar-refractivity contribution in [2.75, 3.05) is 20.2 Å². The van der Waals surface area contributed by atoms with Crippen LogP contribution in [0.2, 0.25) is 0 Å². The predicted molar refractivity (Wildman–Crippen MR) is 80.2 cm³/mol. The van der Waals surface area contributed by atoms with Crippen molar-refractivity contribution in [3.63, 3.8) is 0 Å². The second kappa shape index (κ2) is 7.11. The number of urea groups is 1. The van der Waals surface area contributed by atoms with Crippen LogP contribution in [0.25, 0.3) is 0 Å². The SMILES string of the molecule is CC(CN(C)C(=O)NC1CCOC(C(C)(C)C)C1)C(=O)O. The smallest absolute Gasteiger partial charge is 0.317 e. The van der Waals surface area contributed by atoms with Crippen molar-refractivity contribution in [1.82, 2.24) is 10.2 Å². The summed E-state index contributed by atoms with van der Waals surface area (Å²) in [5.74, 6) is -1.47. The van der Waals surface area contributed by atoms with Crippen LogP contribution in [0.1, 0.15) is 40.5 Å². The summed E-state index contributed by atoms with van der Waals surface area (Å²) in [4.78, 5) is 24.4. The zero-order valence-electron chi connectivity index (χ0n) is 13.7. The van der Waals surface area contributed by atoms with Gasteiger partial charge in [-0.15, -0.1) is 0 Å². The summed E-state index contributed by atoms with van der Waals surface area (Å²) in [7, 11) is 1.62. The average Bonchev–Trinajstić information content (AvgIpc) is 2.37. The van der Waals surface area contributed by atoms with E-state index in [1.54, 1.807) is 14.0 Å². The van der Waals surface area contributed by atoms with Gasteiger partial charge in [-0.3, -0.25) is 4.79 Å². The molecule has 122 valence electrons. The van der Waals surface area contributed by atoms with Gasteiger partial charge in [0.2, 0.25) is 0 Å². The largest absolute Gasteiger partial charge is 0.481 e. The van der Waals surface area contributed by atoms with E-state index in [4.69, 9.17) is 9.84 Å². The topological polar surface area (TPSA) is 78.9 Å². The Morgan fingerprint density at radius 3 is 2.57 bits per heavy atom. The minimum Gasteiger partial charge on any atom is -0.481 e. The quantitative estimate of drug-likeness (QED) is 0.831. The molecule has 1 fully saturated rings. The van der Waals surface area contributed by atoms with Crippen LogP contribution in [0.15, 0.2) is 0 Å². The number of carbonyl (C=O) groups is 2. The molecule has 21 heavy (non-hydrogen) atoms. The average molecular weight is 300 g/mol. The van der Waals surface area contributed by atoms with Gasteiger partial charge < -0.3 is 20.1 Å². The summed E-state index contributed by atoms with van der Waals surface area (Å²) < 4.78 is 5.77. The van der Waals surface area contributed by atoms with E-state index in [1.165, 1.54) is 4.90 Å². The molecule has 0 spiro atoms. The van der Waals surface area contributed by atoms with Crippen molar-refractivity contribution >= 4 is 12.0 Å². The molecule has 1 heterocycles. The molecule has 1 saturated heterocycles. The number of ether oxygens (including phenoxy) is 1.